The van der Waals surface area contributed by atoms with Crippen molar-refractivity contribution in [2.24, 2.45) is 23.7 Å². The molecule has 18 nitrogen and oxygen atoms in total. The molecule has 3 heterocycles. The lowest BCUT2D eigenvalue weighted by molar-refractivity contribution is -0.140. The number of amides is 6. The van der Waals surface area contributed by atoms with Crippen molar-refractivity contribution in [3.05, 3.63) is 195 Å². The molecule has 0 bridgehead atoms. The summed E-state index contributed by atoms with van der Waals surface area (Å²) in [5.74, 6) is -2.61. The zero-order valence-electron chi connectivity index (χ0n) is 66.0. The molecule has 4 N–H and O–H groups in total. The van der Waals surface area contributed by atoms with E-state index in [0.29, 0.717) is 67.6 Å². The molecule has 0 aromatic heterocycles. The number of carbonyl (C=O) groups excluding carboxylic acids is 3. The monoisotopic (exact) mass is 1660 g/mol. The fourth-order valence-electron chi connectivity index (χ4n) is 19.7. The Morgan fingerprint density at radius 1 is 0.437 bits per heavy atom. The molecule has 0 unspecified atom stereocenters. The summed E-state index contributed by atoms with van der Waals surface area (Å²) in [5.41, 5.74) is 0.470. The fourth-order valence-corrected chi connectivity index (χ4v) is 19.7. The fraction of sp³-hybridized carbons (Fsp3) is 0.528. The predicted octanol–water partition coefficient (Wildman–Crippen LogP) is 16.6. The summed E-state index contributed by atoms with van der Waals surface area (Å²) in [7, 11) is 2.11. The zero-order chi connectivity index (χ0) is 83.5. The number of anilines is 3. The molecule has 7 saturated carbocycles. The first-order chi connectivity index (χ1) is 56.5. The van der Waals surface area contributed by atoms with E-state index >= 15 is 0 Å². The zero-order valence-corrected chi connectivity index (χ0v) is 66.0. The maximum atomic E-state index is 13.9. The second kappa shape index (κ2) is 36.5. The molecule has 636 valence electrons. The normalized spacial score (nSPS) is 25.3. The van der Waals surface area contributed by atoms with Crippen molar-refractivity contribution in [2.45, 2.75) is 144 Å². The molecular formula is C89H103F12N15O3. The number of fused-ring (bicyclic) bond motifs is 3. The number of urea groups is 3. The summed E-state index contributed by atoms with van der Waals surface area (Å²) < 4.78 is 161. The van der Waals surface area contributed by atoms with E-state index in [4.69, 9.17) is 0 Å². The Bertz CT molecular complexity index is 4730. The number of benzene rings is 6. The highest BCUT2D eigenvalue weighted by Crippen LogP contribution is 2.68. The summed E-state index contributed by atoms with van der Waals surface area (Å²) in [5, 5.41) is 39.2. The number of nitriles is 3. The van der Waals surface area contributed by atoms with Gasteiger partial charge in [-0.1, -0.05) is 43.8 Å². The van der Waals surface area contributed by atoms with Crippen LogP contribution in [0.2, 0.25) is 0 Å². The molecule has 10 fully saturated rings. The third-order valence-corrected chi connectivity index (χ3v) is 26.6. The Morgan fingerprint density at radius 2 is 0.773 bits per heavy atom. The maximum absolute atomic E-state index is 13.9. The minimum Gasteiger partial charge on any atom is -0.321 e. The Labute approximate surface area is 687 Å². The van der Waals surface area contributed by atoms with Gasteiger partial charge in [0.05, 0.1) is 51.6 Å². The number of nitrogens with zero attached hydrogens (tertiary/aromatic N) is 11. The van der Waals surface area contributed by atoms with Gasteiger partial charge in [-0.15, -0.1) is 0 Å². The third kappa shape index (κ3) is 20.3. The average molecular weight is 1660 g/mol. The van der Waals surface area contributed by atoms with Gasteiger partial charge >= 0.3 is 36.6 Å². The van der Waals surface area contributed by atoms with Crippen LogP contribution in [0.5, 0.6) is 0 Å². The molecule has 10 aliphatic rings. The highest BCUT2D eigenvalue weighted by atomic mass is 19.4. The van der Waals surface area contributed by atoms with Gasteiger partial charge in [-0.3, -0.25) is 9.80 Å². The Morgan fingerprint density at radius 3 is 1.12 bits per heavy atom. The van der Waals surface area contributed by atoms with E-state index in [9.17, 15) is 82.9 Å². The molecule has 6 aromatic carbocycles. The van der Waals surface area contributed by atoms with Crippen LogP contribution in [0.3, 0.4) is 0 Å². The summed E-state index contributed by atoms with van der Waals surface area (Å²) >= 11 is 0. The first-order valence-corrected chi connectivity index (χ1v) is 41.1. The van der Waals surface area contributed by atoms with Gasteiger partial charge in [-0.05, 0) is 228 Å². The largest absolute Gasteiger partial charge is 0.419 e. The number of hydrogen-bond acceptors (Lipinski definition) is 12. The summed E-state index contributed by atoms with van der Waals surface area (Å²) in [4.78, 5) is 57.9. The highest BCUT2D eigenvalue weighted by Gasteiger charge is 2.66. The molecule has 9 atom stereocenters. The smallest absolute Gasteiger partial charge is 0.321 e. The molecule has 7 aliphatic carbocycles. The molecule has 0 spiro atoms. The van der Waals surface area contributed by atoms with Crippen molar-refractivity contribution in [3.8, 4) is 18.2 Å². The Hall–Kier alpha value is -9.48. The van der Waals surface area contributed by atoms with Crippen LogP contribution < -0.4 is 21.3 Å². The molecular weight excluding hydrogens is 1560 g/mol. The summed E-state index contributed by atoms with van der Waals surface area (Å²) in [6, 6.07) is 35.6. The van der Waals surface area contributed by atoms with Crippen molar-refractivity contribution in [3.63, 3.8) is 0 Å². The summed E-state index contributed by atoms with van der Waals surface area (Å²) in [6.07, 6.45) is -2.53. The number of unbranched alkanes of at least 4 members (excludes halogenated alkanes) is 1. The number of carbonyl (C=O) groups is 3. The first-order valence-electron chi connectivity index (χ1n) is 41.1. The molecule has 3 aliphatic heterocycles. The number of rotatable bonds is 22. The topological polar surface area (TPSA) is 197 Å². The van der Waals surface area contributed by atoms with E-state index < -0.39 is 70.8 Å². The van der Waals surface area contributed by atoms with E-state index in [-0.39, 0.29) is 76.6 Å². The lowest BCUT2D eigenvalue weighted by atomic mass is 9.92. The SMILES string of the molecule is C.CN1CCN(CCCCN(C(=O)Nc2ccc(F)c(C(F)(F)F)c2)[C@@H]2CC[C@]3(c4cccc(C#N)c4)C[C@H]23)CC1.N#Cc1cccc([C@]23CC[C@@H](N(CCN4CCN(CC5CC5)CC4)C(=O)Nc4ccc(F)c(C(F)(F)F)c4)[C@H]2C3)c1.N#Cc1cccc([C@]23CC[C@@H](N(CCN4CCNCC4)C(=O)Nc4ccc(F)c(C(F)(F)F)c4)[C@H]2C3)c1. The second-order valence-corrected chi connectivity index (χ2v) is 33.8. The standard InChI is InChI=1S/C31H35F4N5O.C30H35F4N5O.C27H29F4N5O.CH4/c32-27-7-6-24(17-25(27)31(33,34)35)37-29(41)40(15-14-38-10-12-39(13-11-38)20-21-4-5-21)28-8-9-30(18-26(28)30)23-3-1-2-22(16-23)19-36;1-37-13-15-38(16-14-37)11-2-3-12-39(28(40)36-23-7-8-26(31)24(18-23)30(32,33)34)27-9-10-29(19-25(27)29)22-6-4-5-21(17-22)20-35;28-23-5-4-20(15-21(23)27(29,30)31)34-25(37)36(13-12-35-10-8-33-9-11-35)24-6-7-26(16-22(24)26)19-3-1-2-18(14-19)17-32;/h1-3,6-7,16-17,21,26,28H,4-5,8-15,18,20H2,(H,37,41);4-8,17-18,25,27H,2-3,9-16,19H2,1H3,(H,36,40);1-5,14-15,22,24,33H,6-13,16H2,(H,34,37);1H4/t26-,28-,30-;25-,27-,29-;22-,24-,26-;/m111./s1. The van der Waals surface area contributed by atoms with Crippen LogP contribution in [-0.2, 0) is 34.8 Å². The van der Waals surface area contributed by atoms with Gasteiger partial charge in [-0.25, -0.2) is 27.6 Å². The lowest BCUT2D eigenvalue weighted by Gasteiger charge is -2.37. The van der Waals surface area contributed by atoms with Gasteiger partial charge in [0, 0.05) is 169 Å². The van der Waals surface area contributed by atoms with E-state index in [0.717, 1.165) is 209 Å². The summed E-state index contributed by atoms with van der Waals surface area (Å²) in [6.45, 7) is 16.2. The van der Waals surface area contributed by atoms with Crippen LogP contribution in [0.4, 0.5) is 84.1 Å². The number of nitrogens with one attached hydrogen (secondary N) is 4. The Balaban J connectivity index is 0.000000154. The van der Waals surface area contributed by atoms with Crippen LogP contribution >= 0.6 is 0 Å². The van der Waals surface area contributed by atoms with Gasteiger partial charge in [-0.2, -0.15) is 55.3 Å². The first kappa shape index (κ1) is 87.3. The number of hydrogen-bond donors (Lipinski definition) is 4. The van der Waals surface area contributed by atoms with Crippen molar-refractivity contribution in [2.75, 3.05) is 147 Å². The average Bonchev–Trinajstić information content (AvgIpc) is 1.55. The van der Waals surface area contributed by atoms with E-state index in [1.165, 1.54) is 25.5 Å². The van der Waals surface area contributed by atoms with Crippen LogP contribution in [0, 0.1) is 75.1 Å². The van der Waals surface area contributed by atoms with Crippen LogP contribution in [0.25, 0.3) is 0 Å². The maximum Gasteiger partial charge on any atom is 0.419 e. The number of alkyl halides is 9. The molecule has 0 radical (unpaired) electrons. The van der Waals surface area contributed by atoms with Crippen LogP contribution in [0.15, 0.2) is 127 Å². The number of piperazine rings is 3. The molecule has 30 heteroatoms. The molecule has 119 heavy (non-hydrogen) atoms. The number of halogens is 12. The van der Waals surface area contributed by atoms with Gasteiger partial charge in [0.15, 0.2) is 0 Å². The quantitative estimate of drug-likeness (QED) is 0.0371. The molecule has 3 saturated heterocycles. The lowest BCUT2D eigenvalue weighted by Crippen LogP contribution is -2.51. The third-order valence-electron chi connectivity index (χ3n) is 26.6. The van der Waals surface area contributed by atoms with Crippen molar-refractivity contribution in [1.82, 2.24) is 44.5 Å². The van der Waals surface area contributed by atoms with E-state index in [1.807, 2.05) is 54.6 Å². The van der Waals surface area contributed by atoms with Crippen LogP contribution in [-0.4, -0.2) is 207 Å². The van der Waals surface area contributed by atoms with Gasteiger partial charge in [0.25, 0.3) is 0 Å². The van der Waals surface area contributed by atoms with Crippen LogP contribution in [0.1, 0.15) is 141 Å². The molecule has 6 amide bonds. The van der Waals surface area contributed by atoms with Gasteiger partial charge < -0.3 is 50.7 Å². The molecule has 6 aromatic rings. The minimum atomic E-state index is -4.86. The Kier molecular flexibility index (Phi) is 26.8. The second-order valence-electron chi connectivity index (χ2n) is 33.8. The van der Waals surface area contributed by atoms with Crippen molar-refractivity contribution in [1.29, 1.82) is 15.8 Å². The van der Waals surface area contributed by atoms with E-state index in [1.54, 1.807) is 32.9 Å². The number of likely N-dealkylation sites (N-methyl/N-ethyl adjacent to an activating group) is 1. The van der Waals surface area contributed by atoms with Gasteiger partial charge in [0.1, 0.15) is 17.5 Å². The van der Waals surface area contributed by atoms with Crippen molar-refractivity contribution >= 4 is 35.2 Å². The van der Waals surface area contributed by atoms with Crippen molar-refractivity contribution < 1.29 is 67.1 Å². The predicted molar refractivity (Wildman–Crippen MR) is 428 cm³/mol. The highest BCUT2D eigenvalue weighted by molar-refractivity contribution is 5.91. The van der Waals surface area contributed by atoms with E-state index in [2.05, 4.69) is 71.0 Å². The molecule has 16 rings (SSSR count). The minimum absolute atomic E-state index is 0. The van der Waals surface area contributed by atoms with Gasteiger partial charge in [0.2, 0.25) is 0 Å².